The highest BCUT2D eigenvalue weighted by molar-refractivity contribution is 5.81. The lowest BCUT2D eigenvalue weighted by Crippen LogP contribution is -2.40. The lowest BCUT2D eigenvalue weighted by atomic mass is 10.2. The first kappa shape index (κ1) is 16.2. The van der Waals surface area contributed by atoms with Gasteiger partial charge in [0.25, 0.3) is 0 Å². The van der Waals surface area contributed by atoms with Gasteiger partial charge >= 0.3 is 0 Å². The summed E-state index contributed by atoms with van der Waals surface area (Å²) in [5, 5.41) is 5.62. The highest BCUT2D eigenvalue weighted by atomic mass is 16.2. The third-order valence-corrected chi connectivity index (χ3v) is 2.73. The Morgan fingerprint density at radius 3 is 2.25 bits per heavy atom. The molecule has 0 radical (unpaired) electrons. The number of amides is 2. The van der Waals surface area contributed by atoms with Gasteiger partial charge in [-0.1, -0.05) is 37.3 Å². The molecule has 2 amide bonds. The van der Waals surface area contributed by atoms with Gasteiger partial charge in [-0.25, -0.2) is 0 Å². The molecule has 0 fully saturated rings. The molecule has 0 spiro atoms. The quantitative estimate of drug-likeness (QED) is 0.737. The van der Waals surface area contributed by atoms with Crippen LogP contribution in [0.4, 0.5) is 0 Å². The summed E-state index contributed by atoms with van der Waals surface area (Å²) in [6, 6.07) is 9.73. The molecule has 2 N–H and O–H groups in total. The number of carbonyl (C=O) groups is 2. The number of hydrogen-bond donors (Lipinski definition) is 2. The van der Waals surface area contributed by atoms with E-state index in [-0.39, 0.29) is 24.9 Å². The molecule has 1 aromatic carbocycles. The Hall–Kier alpha value is -1.88. The third-order valence-electron chi connectivity index (χ3n) is 2.73. The van der Waals surface area contributed by atoms with E-state index in [1.165, 1.54) is 0 Å². The van der Waals surface area contributed by atoms with Gasteiger partial charge in [-0.3, -0.25) is 14.5 Å². The fourth-order valence-electron chi connectivity index (χ4n) is 1.72. The van der Waals surface area contributed by atoms with Crippen molar-refractivity contribution in [3.05, 3.63) is 35.9 Å². The average Bonchev–Trinajstić information content (AvgIpc) is 2.44. The van der Waals surface area contributed by atoms with Gasteiger partial charge in [-0.2, -0.15) is 0 Å². The fraction of sp³-hybridized carbons (Fsp3) is 0.467. The molecule has 0 saturated heterocycles. The molecular formula is C15H23N3O2. The summed E-state index contributed by atoms with van der Waals surface area (Å²) in [7, 11) is 1.76. The smallest absolute Gasteiger partial charge is 0.234 e. The summed E-state index contributed by atoms with van der Waals surface area (Å²) in [5.41, 5.74) is 1.06. The number of hydrogen-bond acceptors (Lipinski definition) is 3. The van der Waals surface area contributed by atoms with Crippen LogP contribution in [0.25, 0.3) is 0 Å². The zero-order valence-corrected chi connectivity index (χ0v) is 12.2. The zero-order chi connectivity index (χ0) is 14.8. The van der Waals surface area contributed by atoms with E-state index >= 15 is 0 Å². The second kappa shape index (κ2) is 9.09. The van der Waals surface area contributed by atoms with Gasteiger partial charge in [-0.05, 0) is 19.0 Å². The molecule has 0 unspecified atom stereocenters. The van der Waals surface area contributed by atoms with Crippen LogP contribution >= 0.6 is 0 Å². The largest absolute Gasteiger partial charge is 0.355 e. The van der Waals surface area contributed by atoms with Crippen LogP contribution in [-0.2, 0) is 16.1 Å². The predicted octanol–water partition coefficient (Wildman–Crippen LogP) is 0.761. The van der Waals surface area contributed by atoms with Crippen molar-refractivity contribution in [2.45, 2.75) is 19.9 Å². The maximum absolute atomic E-state index is 11.7. The number of likely N-dealkylation sites (N-methyl/N-ethyl adjacent to an activating group) is 1. The van der Waals surface area contributed by atoms with Crippen LogP contribution in [0, 0.1) is 0 Å². The second-order valence-electron chi connectivity index (χ2n) is 4.78. The number of rotatable bonds is 8. The fourth-order valence-corrected chi connectivity index (χ4v) is 1.72. The molecule has 1 aromatic rings. The van der Waals surface area contributed by atoms with Crippen molar-refractivity contribution >= 4 is 11.8 Å². The van der Waals surface area contributed by atoms with E-state index in [2.05, 4.69) is 10.6 Å². The van der Waals surface area contributed by atoms with Crippen LogP contribution in [0.2, 0.25) is 0 Å². The van der Waals surface area contributed by atoms with E-state index in [1.54, 1.807) is 11.9 Å². The molecule has 0 bridgehead atoms. The highest BCUT2D eigenvalue weighted by Crippen LogP contribution is 1.97. The summed E-state index contributed by atoms with van der Waals surface area (Å²) in [6.45, 7) is 3.63. The van der Waals surface area contributed by atoms with Crippen LogP contribution < -0.4 is 10.6 Å². The number of carbonyl (C=O) groups excluding carboxylic acids is 2. The summed E-state index contributed by atoms with van der Waals surface area (Å²) in [6.07, 6.45) is 0.910. The van der Waals surface area contributed by atoms with Crippen molar-refractivity contribution in [2.24, 2.45) is 0 Å². The minimum absolute atomic E-state index is 0.0507. The topological polar surface area (TPSA) is 61.4 Å². The van der Waals surface area contributed by atoms with Crippen molar-refractivity contribution in [1.29, 1.82) is 0 Å². The van der Waals surface area contributed by atoms with Crippen molar-refractivity contribution in [2.75, 3.05) is 26.7 Å². The minimum atomic E-state index is -0.0837. The van der Waals surface area contributed by atoms with E-state index in [0.717, 1.165) is 12.0 Å². The summed E-state index contributed by atoms with van der Waals surface area (Å²) in [5.74, 6) is -0.134. The Bertz CT molecular complexity index is 420. The Morgan fingerprint density at radius 1 is 1.05 bits per heavy atom. The zero-order valence-electron chi connectivity index (χ0n) is 12.2. The lowest BCUT2D eigenvalue weighted by Gasteiger charge is -2.15. The van der Waals surface area contributed by atoms with Crippen LogP contribution in [0.15, 0.2) is 30.3 Å². The molecule has 0 heterocycles. The van der Waals surface area contributed by atoms with Crippen LogP contribution in [0.1, 0.15) is 18.9 Å². The summed E-state index contributed by atoms with van der Waals surface area (Å²) >= 11 is 0. The Kier molecular flexibility index (Phi) is 7.35. The normalized spacial score (nSPS) is 10.3. The molecule has 0 aromatic heterocycles. The molecule has 20 heavy (non-hydrogen) atoms. The van der Waals surface area contributed by atoms with Crippen molar-refractivity contribution < 1.29 is 9.59 Å². The molecule has 1 rings (SSSR count). The molecular weight excluding hydrogens is 254 g/mol. The number of benzene rings is 1. The molecule has 0 aliphatic rings. The first-order valence-electron chi connectivity index (χ1n) is 6.87. The first-order valence-corrected chi connectivity index (χ1v) is 6.87. The predicted molar refractivity (Wildman–Crippen MR) is 79.1 cm³/mol. The van der Waals surface area contributed by atoms with E-state index in [1.807, 2.05) is 37.3 Å². The SMILES string of the molecule is CCCNC(=O)CN(C)CC(=O)NCc1ccccc1. The molecule has 0 aliphatic heterocycles. The van der Waals surface area contributed by atoms with E-state index in [9.17, 15) is 9.59 Å². The maximum atomic E-state index is 11.7. The van der Waals surface area contributed by atoms with E-state index < -0.39 is 0 Å². The van der Waals surface area contributed by atoms with E-state index in [4.69, 9.17) is 0 Å². The Balaban J connectivity index is 2.22. The lowest BCUT2D eigenvalue weighted by molar-refractivity contribution is -0.124. The van der Waals surface area contributed by atoms with Gasteiger partial charge in [0.05, 0.1) is 13.1 Å². The first-order chi connectivity index (χ1) is 9.61. The molecule has 0 atom stereocenters. The highest BCUT2D eigenvalue weighted by Gasteiger charge is 2.09. The van der Waals surface area contributed by atoms with Crippen LogP contribution in [-0.4, -0.2) is 43.4 Å². The van der Waals surface area contributed by atoms with Gasteiger partial charge in [0.2, 0.25) is 11.8 Å². The molecule has 5 nitrogen and oxygen atoms in total. The molecule has 0 aliphatic carbocycles. The second-order valence-corrected chi connectivity index (χ2v) is 4.78. The van der Waals surface area contributed by atoms with Crippen molar-refractivity contribution in [3.8, 4) is 0 Å². The van der Waals surface area contributed by atoms with Crippen molar-refractivity contribution in [1.82, 2.24) is 15.5 Å². The van der Waals surface area contributed by atoms with Crippen molar-refractivity contribution in [3.63, 3.8) is 0 Å². The number of nitrogens with zero attached hydrogens (tertiary/aromatic N) is 1. The van der Waals surface area contributed by atoms with Gasteiger partial charge in [0, 0.05) is 13.1 Å². The Labute approximate surface area is 120 Å². The standard InChI is InChI=1S/C15H23N3O2/c1-3-9-16-14(19)11-18(2)12-15(20)17-10-13-7-5-4-6-8-13/h4-8H,3,9-12H2,1-2H3,(H,16,19)(H,17,20). The van der Waals surface area contributed by atoms with E-state index in [0.29, 0.717) is 13.1 Å². The van der Waals surface area contributed by atoms with Gasteiger partial charge in [0.15, 0.2) is 0 Å². The average molecular weight is 277 g/mol. The molecule has 5 heteroatoms. The third kappa shape index (κ3) is 6.89. The Morgan fingerprint density at radius 2 is 1.65 bits per heavy atom. The molecule has 0 saturated carbocycles. The monoisotopic (exact) mass is 277 g/mol. The molecule has 110 valence electrons. The van der Waals surface area contributed by atoms with Gasteiger partial charge in [0.1, 0.15) is 0 Å². The maximum Gasteiger partial charge on any atom is 0.234 e. The van der Waals surface area contributed by atoms with Gasteiger partial charge in [-0.15, -0.1) is 0 Å². The summed E-state index contributed by atoms with van der Waals surface area (Å²) in [4.78, 5) is 24.9. The minimum Gasteiger partial charge on any atom is -0.355 e. The van der Waals surface area contributed by atoms with Crippen LogP contribution in [0.5, 0.6) is 0 Å². The van der Waals surface area contributed by atoms with Gasteiger partial charge < -0.3 is 10.6 Å². The number of nitrogens with one attached hydrogen (secondary N) is 2. The summed E-state index contributed by atoms with van der Waals surface area (Å²) < 4.78 is 0. The van der Waals surface area contributed by atoms with Crippen LogP contribution in [0.3, 0.4) is 0 Å².